The normalized spacial score (nSPS) is 20.5. The van der Waals surface area contributed by atoms with E-state index >= 15 is 0 Å². The van der Waals surface area contributed by atoms with Crippen molar-refractivity contribution in [3.8, 4) is 22.8 Å². The summed E-state index contributed by atoms with van der Waals surface area (Å²) in [6.45, 7) is 3.75. The molecule has 216 valence electrons. The highest BCUT2D eigenvalue weighted by atomic mass is 35.5. The number of nitrogens with one attached hydrogen (secondary N) is 1. The summed E-state index contributed by atoms with van der Waals surface area (Å²) < 4.78 is 16.8. The zero-order chi connectivity index (χ0) is 29.0. The summed E-state index contributed by atoms with van der Waals surface area (Å²) in [5.74, 6) is 1.95. The number of anilines is 2. The average Bonchev–Trinajstić information content (AvgIpc) is 3.51. The minimum Gasteiger partial charge on any atom is -0.495 e. The Hall–Kier alpha value is -3.41. The number of hydrogen-bond acceptors (Lipinski definition) is 10. The van der Waals surface area contributed by atoms with E-state index in [0.717, 1.165) is 19.6 Å². The Kier molecular flexibility index (Phi) is 8.96. The van der Waals surface area contributed by atoms with Gasteiger partial charge >= 0.3 is 0 Å². The van der Waals surface area contributed by atoms with E-state index in [1.807, 2.05) is 24.3 Å². The monoisotopic (exact) mass is 597 g/mol. The number of allylic oxidation sites excluding steroid dienone is 1. The summed E-state index contributed by atoms with van der Waals surface area (Å²) in [4.78, 5) is 15.9. The summed E-state index contributed by atoms with van der Waals surface area (Å²) in [6.07, 6.45) is 11.1. The molecule has 1 fully saturated rings. The van der Waals surface area contributed by atoms with Crippen molar-refractivity contribution in [1.82, 2.24) is 19.9 Å². The van der Waals surface area contributed by atoms with Gasteiger partial charge in [-0.1, -0.05) is 29.3 Å². The van der Waals surface area contributed by atoms with Crippen LogP contribution in [0.5, 0.6) is 11.5 Å². The molecule has 2 aromatic heterocycles. The molecular weight excluding hydrogens is 565 g/mol. The highest BCUT2D eigenvalue weighted by Gasteiger charge is 2.35. The topological polar surface area (TPSA) is 134 Å². The number of pyridine rings is 1. The van der Waals surface area contributed by atoms with Crippen LogP contribution in [0.1, 0.15) is 18.5 Å². The van der Waals surface area contributed by atoms with Crippen LogP contribution >= 0.6 is 23.2 Å². The second kappa shape index (κ2) is 12.6. The fourth-order valence-corrected chi connectivity index (χ4v) is 5.51. The van der Waals surface area contributed by atoms with Crippen molar-refractivity contribution < 1.29 is 14.2 Å². The molecule has 1 saturated heterocycles. The summed E-state index contributed by atoms with van der Waals surface area (Å²) in [6, 6.07) is 6.52. The lowest BCUT2D eigenvalue weighted by atomic mass is 9.83. The quantitative estimate of drug-likeness (QED) is 0.303. The number of benzene rings is 1. The van der Waals surface area contributed by atoms with E-state index in [2.05, 4.69) is 25.2 Å². The van der Waals surface area contributed by atoms with Gasteiger partial charge in [0.15, 0.2) is 0 Å². The molecule has 2 atom stereocenters. The molecular formula is C29H33Cl2N7O3. The molecule has 5 rings (SSSR count). The second-order valence-corrected chi connectivity index (χ2v) is 10.6. The van der Waals surface area contributed by atoms with Gasteiger partial charge in [-0.3, -0.25) is 4.90 Å². The number of methoxy groups -OCH3 is 2. The van der Waals surface area contributed by atoms with Crippen molar-refractivity contribution in [2.24, 2.45) is 11.5 Å². The Morgan fingerprint density at radius 2 is 1.80 bits per heavy atom. The van der Waals surface area contributed by atoms with Crippen molar-refractivity contribution in [1.29, 1.82) is 0 Å². The molecule has 0 radical (unpaired) electrons. The van der Waals surface area contributed by atoms with Crippen molar-refractivity contribution >= 4 is 34.7 Å². The van der Waals surface area contributed by atoms with Crippen molar-refractivity contribution in [2.45, 2.75) is 24.4 Å². The average molecular weight is 599 g/mol. The van der Waals surface area contributed by atoms with Gasteiger partial charge in [-0.25, -0.2) is 15.0 Å². The molecule has 12 heteroatoms. The van der Waals surface area contributed by atoms with Gasteiger partial charge in [0.1, 0.15) is 46.1 Å². The fourth-order valence-electron chi connectivity index (χ4n) is 4.92. The van der Waals surface area contributed by atoms with Gasteiger partial charge in [0.05, 0.1) is 42.9 Å². The molecule has 5 N–H and O–H groups in total. The molecule has 10 nitrogen and oxygen atoms in total. The molecule has 0 saturated carbocycles. The molecule has 41 heavy (non-hydrogen) atoms. The summed E-state index contributed by atoms with van der Waals surface area (Å²) in [5, 5.41) is 3.79. The van der Waals surface area contributed by atoms with E-state index in [-0.39, 0.29) is 10.0 Å². The number of ether oxygens (including phenoxy) is 3. The van der Waals surface area contributed by atoms with Gasteiger partial charge in [0.2, 0.25) is 0 Å². The van der Waals surface area contributed by atoms with Gasteiger partial charge in [-0.2, -0.15) is 0 Å². The minimum atomic E-state index is -1.07. The van der Waals surface area contributed by atoms with E-state index < -0.39 is 11.6 Å². The second-order valence-electron chi connectivity index (χ2n) is 9.86. The number of aromatic nitrogens is 3. The molecule has 0 spiro atoms. The van der Waals surface area contributed by atoms with Gasteiger partial charge in [0.25, 0.3) is 0 Å². The smallest absolute Gasteiger partial charge is 0.143 e. The molecule has 0 amide bonds. The lowest BCUT2D eigenvalue weighted by Crippen LogP contribution is -2.52. The Balaban J connectivity index is 1.39. The fraction of sp³-hybridized carbons (Fsp3) is 0.345. The third-order valence-electron chi connectivity index (χ3n) is 7.31. The van der Waals surface area contributed by atoms with Crippen LogP contribution in [-0.2, 0) is 10.3 Å². The van der Waals surface area contributed by atoms with E-state index in [1.54, 1.807) is 24.4 Å². The Bertz CT molecular complexity index is 1430. The molecule has 3 aromatic rings. The van der Waals surface area contributed by atoms with Crippen LogP contribution < -0.4 is 26.3 Å². The van der Waals surface area contributed by atoms with Crippen molar-refractivity contribution in [2.75, 3.05) is 45.8 Å². The molecule has 1 aromatic carbocycles. The molecule has 1 aliphatic heterocycles. The van der Waals surface area contributed by atoms with Crippen LogP contribution in [0.4, 0.5) is 11.5 Å². The Labute approximate surface area is 249 Å². The third-order valence-corrected chi connectivity index (χ3v) is 8.06. The Morgan fingerprint density at radius 1 is 1.07 bits per heavy atom. The largest absolute Gasteiger partial charge is 0.495 e. The number of likely N-dealkylation sites (tertiary alicyclic amines) is 1. The van der Waals surface area contributed by atoms with Gasteiger partial charge in [-0.15, -0.1) is 0 Å². The van der Waals surface area contributed by atoms with Crippen LogP contribution in [0.25, 0.3) is 11.3 Å². The first-order valence-corrected chi connectivity index (χ1v) is 14.0. The van der Waals surface area contributed by atoms with E-state index in [0.29, 0.717) is 52.3 Å². The zero-order valence-electron chi connectivity index (χ0n) is 22.9. The highest BCUT2D eigenvalue weighted by Crippen LogP contribution is 2.46. The lowest BCUT2D eigenvalue weighted by molar-refractivity contribution is 0.176. The third kappa shape index (κ3) is 6.12. The molecule has 3 heterocycles. The molecule has 2 unspecified atom stereocenters. The van der Waals surface area contributed by atoms with Crippen LogP contribution in [0.2, 0.25) is 10.0 Å². The summed E-state index contributed by atoms with van der Waals surface area (Å²) >= 11 is 13.2. The van der Waals surface area contributed by atoms with E-state index in [1.165, 1.54) is 33.4 Å². The zero-order valence-corrected chi connectivity index (χ0v) is 24.5. The first-order chi connectivity index (χ1) is 19.8. The van der Waals surface area contributed by atoms with Crippen LogP contribution in [0, 0.1) is 0 Å². The molecule has 1 aliphatic carbocycles. The van der Waals surface area contributed by atoms with Gasteiger partial charge < -0.3 is 31.0 Å². The van der Waals surface area contributed by atoms with Crippen molar-refractivity contribution in [3.05, 3.63) is 76.5 Å². The highest BCUT2D eigenvalue weighted by molar-refractivity contribution is 6.41. The van der Waals surface area contributed by atoms with Gasteiger partial charge in [0, 0.05) is 24.4 Å². The lowest BCUT2D eigenvalue weighted by Gasteiger charge is -2.33. The van der Waals surface area contributed by atoms with E-state index in [9.17, 15) is 0 Å². The summed E-state index contributed by atoms with van der Waals surface area (Å²) in [7, 11) is 3.03. The maximum atomic E-state index is 6.82. The van der Waals surface area contributed by atoms with Crippen LogP contribution in [-0.4, -0.2) is 66.4 Å². The number of rotatable bonds is 10. The van der Waals surface area contributed by atoms with E-state index in [4.69, 9.17) is 48.9 Å². The standard InChI is InChI=1S/C29H33Cl2N7O3/c1-39-21-16-22(40-2)26(31)27(25(21)30)37-28-19(6-5-9-34-28)20-15-24(36-17-35-20)29(33)8-7-18(14-23(29)32)41-13-12-38-10-3-4-11-38/h5-9,14-17,23H,3-4,10-13,32-33H2,1-2H3,(H,34,37). The maximum Gasteiger partial charge on any atom is 0.143 e. The van der Waals surface area contributed by atoms with Crippen LogP contribution in [0.3, 0.4) is 0 Å². The Morgan fingerprint density at radius 3 is 2.49 bits per heavy atom. The molecule has 0 bridgehead atoms. The predicted molar refractivity (Wildman–Crippen MR) is 161 cm³/mol. The first kappa shape index (κ1) is 29.1. The predicted octanol–water partition coefficient (Wildman–Crippen LogP) is 4.65. The number of nitrogens with two attached hydrogens (primary N) is 2. The number of halogens is 2. The summed E-state index contributed by atoms with van der Waals surface area (Å²) in [5.41, 5.74) is 14.5. The van der Waals surface area contributed by atoms with Gasteiger partial charge in [-0.05, 0) is 56.3 Å². The molecule has 2 aliphatic rings. The first-order valence-electron chi connectivity index (χ1n) is 13.3. The number of nitrogens with zero attached hydrogens (tertiary/aromatic N) is 4. The maximum absolute atomic E-state index is 6.82. The van der Waals surface area contributed by atoms with Crippen LogP contribution in [0.15, 0.2) is 60.8 Å². The number of hydrogen-bond donors (Lipinski definition) is 3. The van der Waals surface area contributed by atoms with Crippen molar-refractivity contribution in [3.63, 3.8) is 0 Å². The SMILES string of the molecule is COc1cc(OC)c(Cl)c(Nc2ncccc2-c2cc(C3(N)C=CC(OCCN4CCCC4)=CC3N)ncn2)c1Cl. The minimum absolute atomic E-state index is 0.280.